The van der Waals surface area contributed by atoms with Gasteiger partial charge in [0, 0.05) is 6.42 Å². The Balaban J connectivity index is 5.82. The molecule has 0 amide bonds. The van der Waals surface area contributed by atoms with Crippen LogP contribution in [0.25, 0.3) is 0 Å². The van der Waals surface area contributed by atoms with E-state index in [4.69, 9.17) is 0 Å². The third-order valence-corrected chi connectivity index (χ3v) is 8.08. The van der Waals surface area contributed by atoms with Crippen LogP contribution < -0.4 is 0 Å². The molecule has 0 aliphatic carbocycles. The molecule has 0 aliphatic heterocycles. The normalized spacial score (nSPS) is 17.0. The highest BCUT2D eigenvalue weighted by molar-refractivity contribution is 14.1. The van der Waals surface area contributed by atoms with Crippen LogP contribution in [0.15, 0.2) is 9.56 Å². The summed E-state index contributed by atoms with van der Waals surface area (Å²) in [5, 5.41) is 0. The summed E-state index contributed by atoms with van der Waals surface area (Å²) in [5.74, 6) is 10.2. The Morgan fingerprint density at radius 3 is 1.85 bits per heavy atom. The quantitative estimate of drug-likeness (QED) is 0.115. The molecule has 0 heterocycles. The molecule has 0 fully saturated rings. The number of rotatable bonds is 12. The highest BCUT2D eigenvalue weighted by Gasteiger charge is 2.38. The Labute approximate surface area is 179 Å². The fraction of sp³-hybridized carbons (Fsp3) is 0.833. The second kappa shape index (κ2) is 14.1. The molecule has 0 radical (unpaired) electrons. The largest absolute Gasteiger partial charge is 0.308 e. The molecule has 2 unspecified atom stereocenters. The summed E-state index contributed by atoms with van der Waals surface area (Å²) in [6, 6.07) is 0. The molecule has 0 saturated carbocycles. The van der Waals surface area contributed by atoms with Gasteiger partial charge in [0.15, 0.2) is 0 Å². The molecule has 2 atom stereocenters. The van der Waals surface area contributed by atoms with Gasteiger partial charge in [-0.15, -0.1) is 12.0 Å². The van der Waals surface area contributed by atoms with Crippen LogP contribution in [-0.2, 0) is 0 Å². The number of hydrogen-bond acceptors (Lipinski definition) is 0. The summed E-state index contributed by atoms with van der Waals surface area (Å²) in [5.41, 5.74) is 0. The van der Waals surface area contributed by atoms with Gasteiger partial charge in [-0.25, -0.2) is 0 Å². The molecule has 152 valence electrons. The molecule has 2 heteroatoms. The van der Waals surface area contributed by atoms with Gasteiger partial charge in [-0.05, 0) is 12.8 Å². The van der Waals surface area contributed by atoms with Crippen molar-refractivity contribution in [1.29, 1.82) is 0 Å². The van der Waals surface area contributed by atoms with Crippen molar-refractivity contribution in [3.05, 3.63) is 9.56 Å². The van der Waals surface area contributed by atoms with Crippen molar-refractivity contribution in [2.75, 3.05) is 0 Å². The van der Waals surface area contributed by atoms with E-state index >= 15 is 0 Å². The minimum Gasteiger partial charge on any atom is -0.308 e. The number of unbranched alkanes of at least 4 members (excludes halogenated alkanes) is 6. The molecule has 0 rings (SSSR count). The molecule has 0 spiro atoms. The molecule has 0 aromatic rings. The first kappa shape index (κ1) is 26.1. The summed E-state index contributed by atoms with van der Waals surface area (Å²) in [6.45, 7) is 19.0. The maximum atomic E-state index is 3.94. The second-order valence-electron chi connectivity index (χ2n) is 9.07. The van der Waals surface area contributed by atoms with Gasteiger partial charge in [0.2, 0.25) is 0 Å². The van der Waals surface area contributed by atoms with Crippen LogP contribution in [-0.4, -0.2) is 6.15 Å². The Hall–Kier alpha value is 0.0949. The predicted octanol–water partition coefficient (Wildman–Crippen LogP) is 9.09. The lowest BCUT2D eigenvalue weighted by atomic mass is 9.12. The molecule has 0 aliphatic rings. The standard InChI is InChI=1S/C24H45BI/c1-9-11-13-14-15-17-19-25(22(7)20(3)4,23(8)21(5)6)24(26)18-16-12-10-2/h18,20-23H,9-16H2,1-8H3/q-1/b24-18-. The summed E-state index contributed by atoms with van der Waals surface area (Å²) >= 11 is 2.65. The number of hydrogen-bond donors (Lipinski definition) is 0. The zero-order valence-corrected chi connectivity index (χ0v) is 21.2. The number of halogens is 1. The second-order valence-corrected chi connectivity index (χ2v) is 10.3. The average Bonchev–Trinajstić information content (AvgIpc) is 2.60. The van der Waals surface area contributed by atoms with E-state index in [1.54, 1.807) is 3.48 Å². The van der Waals surface area contributed by atoms with Crippen LogP contribution in [0, 0.1) is 23.6 Å². The van der Waals surface area contributed by atoms with E-state index in [-0.39, 0.29) is 0 Å². The van der Waals surface area contributed by atoms with E-state index in [0.717, 1.165) is 6.42 Å². The summed E-state index contributed by atoms with van der Waals surface area (Å²) in [7, 11) is 0. The molecular weight excluding hydrogens is 426 g/mol. The molecular formula is C24H45BI-. The summed E-state index contributed by atoms with van der Waals surface area (Å²) in [6.07, 6.45) is 11.7. The first-order chi connectivity index (χ1) is 12.3. The SMILES string of the molecule is CCCC/C=C(\I)[B-](C#CCCCCCC)(C(C)C(C)C)C(C)C(C)C. The van der Waals surface area contributed by atoms with Crippen LogP contribution in [0.5, 0.6) is 0 Å². The predicted molar refractivity (Wildman–Crippen MR) is 132 cm³/mol. The lowest BCUT2D eigenvalue weighted by molar-refractivity contribution is 0.558. The minimum atomic E-state index is -0.838. The summed E-state index contributed by atoms with van der Waals surface area (Å²) in [4.78, 5) is 0. The highest BCUT2D eigenvalue weighted by Crippen LogP contribution is 2.47. The van der Waals surface area contributed by atoms with E-state index < -0.39 is 6.15 Å². The van der Waals surface area contributed by atoms with Gasteiger partial charge in [0.1, 0.15) is 6.15 Å². The van der Waals surface area contributed by atoms with Gasteiger partial charge in [0.05, 0.1) is 0 Å². The van der Waals surface area contributed by atoms with E-state index in [1.807, 2.05) is 0 Å². The Bertz CT molecular complexity index is 439. The topological polar surface area (TPSA) is 0 Å². The van der Waals surface area contributed by atoms with Crippen LogP contribution in [0.4, 0.5) is 0 Å². The van der Waals surface area contributed by atoms with E-state index in [2.05, 4.69) is 95.8 Å². The molecule has 0 nitrogen and oxygen atoms in total. The zero-order valence-electron chi connectivity index (χ0n) is 19.0. The summed E-state index contributed by atoms with van der Waals surface area (Å²) < 4.78 is 1.56. The third kappa shape index (κ3) is 7.99. The van der Waals surface area contributed by atoms with Crippen molar-refractivity contribution < 1.29 is 0 Å². The molecule has 0 aromatic carbocycles. The van der Waals surface area contributed by atoms with Crippen molar-refractivity contribution in [1.82, 2.24) is 0 Å². The van der Waals surface area contributed by atoms with Gasteiger partial charge in [-0.2, -0.15) is 15.1 Å². The van der Waals surface area contributed by atoms with Crippen LogP contribution in [0.2, 0.25) is 11.6 Å². The van der Waals surface area contributed by atoms with Crippen LogP contribution in [0.3, 0.4) is 0 Å². The first-order valence-corrected chi connectivity index (χ1v) is 12.4. The minimum absolute atomic E-state index is 0.625. The molecule has 0 aromatic heterocycles. The molecule has 0 bridgehead atoms. The lowest BCUT2D eigenvalue weighted by Gasteiger charge is -2.50. The van der Waals surface area contributed by atoms with Gasteiger partial charge >= 0.3 is 0 Å². The highest BCUT2D eigenvalue weighted by atomic mass is 127. The molecule has 0 saturated heterocycles. The first-order valence-electron chi connectivity index (χ1n) is 11.3. The van der Waals surface area contributed by atoms with Gasteiger partial charge in [-0.1, -0.05) is 122 Å². The monoisotopic (exact) mass is 471 g/mol. The Morgan fingerprint density at radius 2 is 1.38 bits per heavy atom. The van der Waals surface area contributed by atoms with E-state index in [0.29, 0.717) is 23.5 Å². The van der Waals surface area contributed by atoms with Crippen molar-refractivity contribution in [3.8, 4) is 11.7 Å². The maximum Gasteiger partial charge on any atom is 0.110 e. The fourth-order valence-corrected chi connectivity index (χ4v) is 5.65. The van der Waals surface area contributed by atoms with E-state index in [9.17, 15) is 0 Å². The zero-order chi connectivity index (χ0) is 20.2. The molecule has 26 heavy (non-hydrogen) atoms. The van der Waals surface area contributed by atoms with Crippen LogP contribution >= 0.6 is 22.6 Å². The average molecular weight is 471 g/mol. The fourth-order valence-electron chi connectivity index (χ4n) is 4.05. The molecule has 0 N–H and O–H groups in total. The Kier molecular flexibility index (Phi) is 14.2. The smallest absolute Gasteiger partial charge is 0.110 e. The van der Waals surface area contributed by atoms with Gasteiger partial charge < -0.3 is 5.82 Å². The third-order valence-electron chi connectivity index (χ3n) is 6.61. The van der Waals surface area contributed by atoms with Crippen LogP contribution in [0.1, 0.15) is 107 Å². The van der Waals surface area contributed by atoms with E-state index in [1.165, 1.54) is 44.9 Å². The maximum absolute atomic E-state index is 3.94. The van der Waals surface area contributed by atoms with Crippen molar-refractivity contribution >= 4 is 28.7 Å². The van der Waals surface area contributed by atoms with Crippen molar-refractivity contribution in [2.45, 2.75) is 118 Å². The van der Waals surface area contributed by atoms with Gasteiger partial charge in [0.25, 0.3) is 0 Å². The van der Waals surface area contributed by atoms with Crippen molar-refractivity contribution in [3.63, 3.8) is 0 Å². The Morgan fingerprint density at radius 1 is 0.846 bits per heavy atom. The number of allylic oxidation sites excluding steroid dienone is 1. The van der Waals surface area contributed by atoms with Crippen molar-refractivity contribution in [2.24, 2.45) is 11.8 Å². The lowest BCUT2D eigenvalue weighted by Crippen LogP contribution is -2.46. The van der Waals surface area contributed by atoms with Gasteiger partial charge in [-0.3, -0.25) is 0 Å².